The molecule has 12 heavy (non-hydrogen) atoms. The highest BCUT2D eigenvalue weighted by Crippen LogP contribution is 2.44. The van der Waals surface area contributed by atoms with Gasteiger partial charge in [-0.3, -0.25) is 4.99 Å². The molecule has 0 radical (unpaired) electrons. The summed E-state index contributed by atoms with van der Waals surface area (Å²) in [7, 11) is 0. The second-order valence-corrected chi connectivity index (χ2v) is 4.61. The zero-order valence-corrected chi connectivity index (χ0v) is 7.96. The molecule has 1 fully saturated rings. The minimum atomic E-state index is 0.425. The van der Waals surface area contributed by atoms with Crippen molar-refractivity contribution >= 4 is 6.21 Å². The van der Waals surface area contributed by atoms with E-state index >= 15 is 0 Å². The van der Waals surface area contributed by atoms with Gasteiger partial charge in [0.05, 0.1) is 0 Å². The van der Waals surface area contributed by atoms with Gasteiger partial charge in [-0.05, 0) is 30.6 Å². The van der Waals surface area contributed by atoms with Crippen LogP contribution in [0.2, 0.25) is 0 Å². The summed E-state index contributed by atoms with van der Waals surface area (Å²) in [5.41, 5.74) is 0.425. The van der Waals surface area contributed by atoms with Crippen molar-refractivity contribution in [2.24, 2.45) is 22.2 Å². The van der Waals surface area contributed by atoms with Crippen molar-refractivity contribution in [3.05, 3.63) is 12.3 Å². The fraction of sp³-hybridized carbons (Fsp3) is 0.727. The summed E-state index contributed by atoms with van der Waals surface area (Å²) in [6, 6.07) is 0. The smallest absolute Gasteiger partial charge is 0.0229 e. The topological polar surface area (TPSA) is 12.4 Å². The van der Waals surface area contributed by atoms with E-state index in [2.05, 4.69) is 31.1 Å². The zero-order valence-electron chi connectivity index (χ0n) is 7.96. The van der Waals surface area contributed by atoms with E-state index in [-0.39, 0.29) is 0 Å². The monoisotopic (exact) mass is 163 g/mol. The van der Waals surface area contributed by atoms with Gasteiger partial charge in [-0.15, -0.1) is 0 Å². The minimum absolute atomic E-state index is 0.425. The molecule has 0 spiro atoms. The first-order valence-corrected chi connectivity index (χ1v) is 4.92. The average Bonchev–Trinajstić information content (AvgIpc) is 2.06. The molecule has 2 aliphatic rings. The van der Waals surface area contributed by atoms with E-state index in [9.17, 15) is 0 Å². The lowest BCUT2D eigenvalue weighted by atomic mass is 9.64. The Morgan fingerprint density at radius 3 is 3.17 bits per heavy atom. The molecule has 1 heteroatoms. The molecule has 1 aliphatic carbocycles. The average molecular weight is 163 g/mol. The van der Waals surface area contributed by atoms with Crippen LogP contribution in [-0.2, 0) is 0 Å². The maximum absolute atomic E-state index is 4.24. The van der Waals surface area contributed by atoms with Gasteiger partial charge in [0.1, 0.15) is 0 Å². The van der Waals surface area contributed by atoms with E-state index in [1.54, 1.807) is 0 Å². The summed E-state index contributed by atoms with van der Waals surface area (Å²) in [5, 5.41) is 0. The summed E-state index contributed by atoms with van der Waals surface area (Å²) in [6.07, 6.45) is 10.4. The van der Waals surface area contributed by atoms with Crippen LogP contribution in [0.25, 0.3) is 0 Å². The van der Waals surface area contributed by atoms with Crippen molar-refractivity contribution in [1.82, 2.24) is 0 Å². The van der Waals surface area contributed by atoms with Crippen LogP contribution in [0.15, 0.2) is 17.3 Å². The Balaban J connectivity index is 2.19. The van der Waals surface area contributed by atoms with Gasteiger partial charge in [-0.2, -0.15) is 0 Å². The van der Waals surface area contributed by atoms with Crippen LogP contribution < -0.4 is 0 Å². The molecule has 1 heterocycles. The molecule has 0 N–H and O–H groups in total. The molecule has 0 aromatic carbocycles. The lowest BCUT2D eigenvalue weighted by molar-refractivity contribution is 0.186. The maximum Gasteiger partial charge on any atom is 0.0229 e. The number of fused-ring (bicyclic) bond motifs is 1. The third kappa shape index (κ3) is 1.21. The molecule has 2 rings (SSSR count). The van der Waals surface area contributed by atoms with E-state index in [0.717, 1.165) is 5.92 Å². The number of nitrogens with zero attached hydrogens (tertiary/aromatic N) is 1. The molecule has 1 saturated carbocycles. The first kappa shape index (κ1) is 8.03. The van der Waals surface area contributed by atoms with E-state index in [0.29, 0.717) is 11.3 Å². The van der Waals surface area contributed by atoms with E-state index < -0.39 is 0 Å². The van der Waals surface area contributed by atoms with Gasteiger partial charge in [0.2, 0.25) is 0 Å². The summed E-state index contributed by atoms with van der Waals surface area (Å²) in [5.74, 6) is 1.59. The van der Waals surface area contributed by atoms with Gasteiger partial charge in [0, 0.05) is 18.3 Å². The summed E-state index contributed by atoms with van der Waals surface area (Å²) < 4.78 is 0. The normalized spacial score (nSPS) is 45.8. The Kier molecular flexibility index (Phi) is 1.82. The minimum Gasteiger partial charge on any atom is -0.269 e. The standard InChI is InChI=1S/C11H17N/c1-9-3-4-11(2)5-6-12-8-10(11)7-9/h5-6,8-10H,3-4,7H2,1-2H3. The van der Waals surface area contributed by atoms with Crippen molar-refractivity contribution in [2.45, 2.75) is 33.1 Å². The van der Waals surface area contributed by atoms with E-state index in [4.69, 9.17) is 0 Å². The van der Waals surface area contributed by atoms with Gasteiger partial charge < -0.3 is 0 Å². The number of rotatable bonds is 0. The molecular formula is C11H17N. The fourth-order valence-corrected chi connectivity index (χ4v) is 2.37. The third-order valence-electron chi connectivity index (χ3n) is 3.49. The molecular weight excluding hydrogens is 146 g/mol. The van der Waals surface area contributed by atoms with Crippen molar-refractivity contribution in [3.63, 3.8) is 0 Å². The predicted molar refractivity (Wildman–Crippen MR) is 52.2 cm³/mol. The highest BCUT2D eigenvalue weighted by molar-refractivity contribution is 5.65. The van der Waals surface area contributed by atoms with Crippen LogP contribution in [0, 0.1) is 17.3 Å². The predicted octanol–water partition coefficient (Wildman–Crippen LogP) is 3.03. The van der Waals surface area contributed by atoms with E-state index in [1.807, 2.05) is 6.20 Å². The third-order valence-corrected chi connectivity index (χ3v) is 3.49. The fourth-order valence-electron chi connectivity index (χ4n) is 2.37. The van der Waals surface area contributed by atoms with Crippen molar-refractivity contribution in [2.75, 3.05) is 0 Å². The highest BCUT2D eigenvalue weighted by Gasteiger charge is 2.36. The molecule has 0 saturated heterocycles. The second kappa shape index (κ2) is 2.72. The van der Waals surface area contributed by atoms with E-state index in [1.165, 1.54) is 19.3 Å². The van der Waals surface area contributed by atoms with Crippen LogP contribution >= 0.6 is 0 Å². The van der Waals surface area contributed by atoms with Gasteiger partial charge in [0.25, 0.3) is 0 Å². The second-order valence-electron chi connectivity index (χ2n) is 4.61. The first-order chi connectivity index (χ1) is 5.71. The molecule has 1 nitrogen and oxygen atoms in total. The molecule has 1 aliphatic heterocycles. The number of hydrogen-bond acceptors (Lipinski definition) is 1. The van der Waals surface area contributed by atoms with Crippen molar-refractivity contribution in [1.29, 1.82) is 0 Å². The van der Waals surface area contributed by atoms with Gasteiger partial charge in [-0.25, -0.2) is 0 Å². The number of aliphatic imine (C=N–C) groups is 1. The zero-order chi connectivity index (χ0) is 8.60. The highest BCUT2D eigenvalue weighted by atomic mass is 14.7. The van der Waals surface area contributed by atoms with Crippen LogP contribution in [0.4, 0.5) is 0 Å². The van der Waals surface area contributed by atoms with Crippen LogP contribution in [0.1, 0.15) is 33.1 Å². The Hall–Kier alpha value is -0.590. The molecule has 3 atom stereocenters. The molecule has 0 aromatic heterocycles. The SMILES string of the molecule is CC1CCC2(C)C=CN=CC2C1. The van der Waals surface area contributed by atoms with Crippen molar-refractivity contribution < 1.29 is 0 Å². The lowest BCUT2D eigenvalue weighted by Crippen LogP contribution is -2.34. The Labute approximate surface area is 74.6 Å². The Morgan fingerprint density at radius 2 is 2.33 bits per heavy atom. The quantitative estimate of drug-likeness (QED) is 0.520. The van der Waals surface area contributed by atoms with Gasteiger partial charge in [0.15, 0.2) is 0 Å². The summed E-state index contributed by atoms with van der Waals surface area (Å²) in [4.78, 5) is 4.24. The number of allylic oxidation sites excluding steroid dienone is 1. The van der Waals surface area contributed by atoms with Crippen LogP contribution in [-0.4, -0.2) is 6.21 Å². The first-order valence-electron chi connectivity index (χ1n) is 4.92. The summed E-state index contributed by atoms with van der Waals surface area (Å²) >= 11 is 0. The molecule has 0 bridgehead atoms. The van der Waals surface area contributed by atoms with Gasteiger partial charge in [-0.1, -0.05) is 19.9 Å². The molecule has 0 amide bonds. The molecule has 66 valence electrons. The summed E-state index contributed by atoms with van der Waals surface area (Å²) in [6.45, 7) is 4.72. The Morgan fingerprint density at radius 1 is 1.50 bits per heavy atom. The lowest BCUT2D eigenvalue weighted by Gasteiger charge is -2.41. The molecule has 0 aromatic rings. The van der Waals surface area contributed by atoms with Crippen molar-refractivity contribution in [3.8, 4) is 0 Å². The Bertz CT molecular complexity index is 229. The number of hydrogen-bond donors (Lipinski definition) is 0. The van der Waals surface area contributed by atoms with Gasteiger partial charge >= 0.3 is 0 Å². The molecule has 3 unspecified atom stereocenters. The van der Waals surface area contributed by atoms with Crippen LogP contribution in [0.3, 0.4) is 0 Å². The van der Waals surface area contributed by atoms with Crippen LogP contribution in [0.5, 0.6) is 0 Å². The largest absolute Gasteiger partial charge is 0.269 e. The maximum atomic E-state index is 4.24.